The lowest BCUT2D eigenvalue weighted by molar-refractivity contribution is 0.0961. The Morgan fingerprint density at radius 2 is 1.76 bits per heavy atom. The molecule has 1 saturated carbocycles. The number of nitrogens with one attached hydrogen (secondary N) is 1. The second-order valence-electron chi connectivity index (χ2n) is 8.10. The SMILES string of the molecule is CNC(=O)c1cc2c(-c3ccc(Cl)cc3)n(-c3ccc(Cl)cc3Cl)nc2n(CC2CC2)c1=O. The number of hydrogen-bond acceptors (Lipinski definition) is 3. The fourth-order valence-corrected chi connectivity index (χ4v) is 4.55. The van der Waals surface area contributed by atoms with E-state index in [0.29, 0.717) is 49.9 Å². The van der Waals surface area contributed by atoms with Gasteiger partial charge in [-0.2, -0.15) is 0 Å². The van der Waals surface area contributed by atoms with Crippen LogP contribution in [-0.4, -0.2) is 27.3 Å². The van der Waals surface area contributed by atoms with E-state index in [2.05, 4.69) is 5.32 Å². The first-order chi connectivity index (χ1) is 15.9. The van der Waals surface area contributed by atoms with Gasteiger partial charge in [-0.15, -0.1) is 5.10 Å². The van der Waals surface area contributed by atoms with E-state index in [0.717, 1.165) is 18.4 Å². The average molecular weight is 502 g/mol. The van der Waals surface area contributed by atoms with Crippen molar-refractivity contribution in [2.45, 2.75) is 19.4 Å². The van der Waals surface area contributed by atoms with Crippen molar-refractivity contribution in [1.29, 1.82) is 0 Å². The number of amides is 1. The minimum atomic E-state index is -0.439. The largest absolute Gasteiger partial charge is 0.355 e. The Labute approximate surface area is 204 Å². The van der Waals surface area contributed by atoms with Gasteiger partial charge in [0.15, 0.2) is 5.65 Å². The number of hydrogen-bond donors (Lipinski definition) is 1. The molecule has 2 heterocycles. The van der Waals surface area contributed by atoms with E-state index >= 15 is 0 Å². The summed E-state index contributed by atoms with van der Waals surface area (Å²) in [6.07, 6.45) is 2.10. The summed E-state index contributed by atoms with van der Waals surface area (Å²) in [7, 11) is 1.51. The van der Waals surface area contributed by atoms with Crippen LogP contribution in [0.5, 0.6) is 0 Å². The predicted octanol–water partition coefficient (Wildman–Crippen LogP) is 5.58. The maximum Gasteiger partial charge on any atom is 0.265 e. The third kappa shape index (κ3) is 4.03. The second kappa shape index (κ2) is 8.52. The first kappa shape index (κ1) is 22.0. The average Bonchev–Trinajstić information content (AvgIpc) is 3.54. The molecule has 1 aliphatic carbocycles. The Morgan fingerprint density at radius 1 is 1.06 bits per heavy atom. The van der Waals surface area contributed by atoms with Crippen LogP contribution in [0.25, 0.3) is 28.0 Å². The number of rotatable bonds is 5. The first-order valence-corrected chi connectivity index (χ1v) is 11.6. The van der Waals surface area contributed by atoms with Gasteiger partial charge in [-0.25, -0.2) is 4.68 Å². The third-order valence-corrected chi connectivity index (χ3v) is 6.58. The summed E-state index contributed by atoms with van der Waals surface area (Å²) < 4.78 is 3.31. The van der Waals surface area contributed by atoms with E-state index in [9.17, 15) is 9.59 Å². The maximum absolute atomic E-state index is 13.3. The van der Waals surface area contributed by atoms with Crippen LogP contribution >= 0.6 is 34.8 Å². The second-order valence-corrected chi connectivity index (χ2v) is 9.38. The Hall–Kier alpha value is -2.80. The van der Waals surface area contributed by atoms with Gasteiger partial charge in [0.05, 0.1) is 16.4 Å². The van der Waals surface area contributed by atoms with Crippen LogP contribution in [0.3, 0.4) is 0 Å². The van der Waals surface area contributed by atoms with Crippen molar-refractivity contribution in [3.63, 3.8) is 0 Å². The minimum absolute atomic E-state index is 0.0719. The molecule has 9 heteroatoms. The highest BCUT2D eigenvalue weighted by Gasteiger charge is 2.28. The quantitative estimate of drug-likeness (QED) is 0.388. The Balaban J connectivity index is 1.89. The number of pyridine rings is 1. The summed E-state index contributed by atoms with van der Waals surface area (Å²) >= 11 is 18.8. The standard InChI is InChI=1S/C24H19Cl3N4O2/c1-28-23(32)18-11-17-21(14-4-6-15(25)7-5-14)31(20-9-8-16(26)10-19(20)27)29-22(17)30(24(18)33)12-13-2-3-13/h4-11,13H,2-3,12H2,1H3,(H,28,32). The van der Waals surface area contributed by atoms with Gasteiger partial charge in [0.1, 0.15) is 5.56 Å². The summed E-state index contributed by atoms with van der Waals surface area (Å²) in [4.78, 5) is 25.9. The zero-order chi connectivity index (χ0) is 23.3. The van der Waals surface area contributed by atoms with Gasteiger partial charge < -0.3 is 5.32 Å². The predicted molar refractivity (Wildman–Crippen MR) is 132 cm³/mol. The summed E-state index contributed by atoms with van der Waals surface area (Å²) in [5.41, 5.74) is 2.32. The van der Waals surface area contributed by atoms with Gasteiger partial charge in [-0.3, -0.25) is 14.2 Å². The summed E-state index contributed by atoms with van der Waals surface area (Å²) in [5.74, 6) is -0.0418. The third-order valence-electron chi connectivity index (χ3n) is 5.79. The molecule has 1 aliphatic rings. The first-order valence-electron chi connectivity index (χ1n) is 10.5. The molecule has 0 unspecified atom stereocenters. The number of carbonyl (C=O) groups excluding carboxylic acids is 1. The summed E-state index contributed by atoms with van der Waals surface area (Å²) in [6.45, 7) is 0.506. The zero-order valence-corrected chi connectivity index (χ0v) is 19.9. The fourth-order valence-electron chi connectivity index (χ4n) is 3.94. The molecule has 0 aliphatic heterocycles. The molecule has 5 rings (SSSR count). The van der Waals surface area contributed by atoms with Crippen molar-refractivity contribution in [2.24, 2.45) is 5.92 Å². The number of nitrogens with zero attached hydrogens (tertiary/aromatic N) is 3. The zero-order valence-electron chi connectivity index (χ0n) is 17.6. The van der Waals surface area contributed by atoms with E-state index < -0.39 is 5.91 Å². The van der Waals surface area contributed by atoms with Crippen molar-refractivity contribution in [1.82, 2.24) is 19.7 Å². The molecule has 0 saturated heterocycles. The van der Waals surface area contributed by atoms with Gasteiger partial charge in [0.25, 0.3) is 11.5 Å². The van der Waals surface area contributed by atoms with Gasteiger partial charge >= 0.3 is 0 Å². The molecule has 0 radical (unpaired) electrons. The molecular formula is C24H19Cl3N4O2. The van der Waals surface area contributed by atoms with Crippen LogP contribution in [0.4, 0.5) is 0 Å². The molecule has 0 atom stereocenters. The highest BCUT2D eigenvalue weighted by atomic mass is 35.5. The number of fused-ring (bicyclic) bond motifs is 1. The van der Waals surface area contributed by atoms with Crippen LogP contribution in [0, 0.1) is 5.92 Å². The van der Waals surface area contributed by atoms with E-state index in [1.807, 2.05) is 12.1 Å². The molecule has 1 fully saturated rings. The fraction of sp³-hybridized carbons (Fsp3) is 0.208. The van der Waals surface area contributed by atoms with Crippen LogP contribution in [0.15, 0.2) is 53.3 Å². The van der Waals surface area contributed by atoms with Crippen molar-refractivity contribution in [3.8, 4) is 16.9 Å². The van der Waals surface area contributed by atoms with Gasteiger partial charge in [0, 0.05) is 34.6 Å². The van der Waals surface area contributed by atoms with Crippen molar-refractivity contribution >= 4 is 51.7 Å². The number of halogens is 3. The maximum atomic E-state index is 13.3. The molecule has 1 N–H and O–H groups in total. The number of benzene rings is 2. The van der Waals surface area contributed by atoms with Crippen molar-refractivity contribution in [2.75, 3.05) is 7.05 Å². The van der Waals surface area contributed by atoms with Crippen LogP contribution < -0.4 is 10.9 Å². The number of carbonyl (C=O) groups is 1. The smallest absolute Gasteiger partial charge is 0.265 e. The molecule has 168 valence electrons. The lowest BCUT2D eigenvalue weighted by atomic mass is 10.1. The van der Waals surface area contributed by atoms with Crippen LogP contribution in [0.2, 0.25) is 15.1 Å². The van der Waals surface area contributed by atoms with Crippen LogP contribution in [-0.2, 0) is 6.54 Å². The lowest BCUT2D eigenvalue weighted by Crippen LogP contribution is -2.32. The van der Waals surface area contributed by atoms with Crippen LogP contribution in [0.1, 0.15) is 23.2 Å². The molecule has 0 spiro atoms. The van der Waals surface area contributed by atoms with E-state index in [1.54, 1.807) is 45.6 Å². The van der Waals surface area contributed by atoms with E-state index in [1.165, 1.54) is 7.05 Å². The van der Waals surface area contributed by atoms with E-state index in [4.69, 9.17) is 39.9 Å². The minimum Gasteiger partial charge on any atom is -0.355 e. The Bertz CT molecular complexity index is 1450. The van der Waals surface area contributed by atoms with Gasteiger partial charge in [0.2, 0.25) is 0 Å². The van der Waals surface area contributed by atoms with E-state index in [-0.39, 0.29) is 11.1 Å². The molecule has 2 aromatic carbocycles. The highest BCUT2D eigenvalue weighted by molar-refractivity contribution is 6.35. The Morgan fingerprint density at radius 3 is 2.39 bits per heavy atom. The molecule has 0 bridgehead atoms. The van der Waals surface area contributed by atoms with Gasteiger partial charge in [-0.05, 0) is 55.2 Å². The molecule has 33 heavy (non-hydrogen) atoms. The molecule has 4 aromatic rings. The topological polar surface area (TPSA) is 68.9 Å². The monoisotopic (exact) mass is 500 g/mol. The highest BCUT2D eigenvalue weighted by Crippen LogP contribution is 2.36. The molecule has 6 nitrogen and oxygen atoms in total. The number of aromatic nitrogens is 3. The van der Waals surface area contributed by atoms with Crippen molar-refractivity contribution < 1.29 is 4.79 Å². The van der Waals surface area contributed by atoms with Gasteiger partial charge in [-0.1, -0.05) is 46.9 Å². The van der Waals surface area contributed by atoms with Crippen molar-refractivity contribution in [3.05, 3.63) is 79.5 Å². The summed E-state index contributed by atoms with van der Waals surface area (Å²) in [5, 5.41) is 9.57. The Kier molecular flexibility index (Phi) is 5.69. The molecule has 1 amide bonds. The summed E-state index contributed by atoms with van der Waals surface area (Å²) in [6, 6.07) is 14.1. The molecule has 2 aromatic heterocycles. The lowest BCUT2D eigenvalue weighted by Gasteiger charge is -2.11. The molecular weight excluding hydrogens is 483 g/mol. The normalized spacial score (nSPS) is 13.5.